The molecule has 10 heteroatoms. The van der Waals surface area contributed by atoms with Crippen LogP contribution in [0.15, 0.2) is 27.9 Å². The molecule has 0 bridgehead atoms. The third-order valence-corrected chi connectivity index (χ3v) is 6.12. The SMILES string of the molecule is C=N/C(=C1/c2cc[nH]c2N=CN1N)[C@H]1CC[C@H](CN2CC(OCC(F)(F)F)C2)CC1. The largest absolute Gasteiger partial charge is 0.411 e. The number of ether oxygens (including phenoxy) is 1. The van der Waals surface area contributed by atoms with Gasteiger partial charge in [0.15, 0.2) is 0 Å². The smallest absolute Gasteiger partial charge is 0.366 e. The molecular weight excluding hydrogens is 397 g/mol. The van der Waals surface area contributed by atoms with Crippen molar-refractivity contribution in [1.29, 1.82) is 0 Å². The quantitative estimate of drug-likeness (QED) is 0.542. The molecular formula is C20H27F3N6O. The maximum atomic E-state index is 12.2. The predicted molar refractivity (Wildman–Crippen MR) is 109 cm³/mol. The highest BCUT2D eigenvalue weighted by atomic mass is 19.4. The van der Waals surface area contributed by atoms with Crippen molar-refractivity contribution < 1.29 is 17.9 Å². The van der Waals surface area contributed by atoms with Crippen LogP contribution in [0.2, 0.25) is 0 Å². The van der Waals surface area contributed by atoms with E-state index in [2.05, 4.69) is 26.6 Å². The minimum Gasteiger partial charge on any atom is -0.366 e. The molecule has 3 heterocycles. The Morgan fingerprint density at radius 1 is 1.30 bits per heavy atom. The van der Waals surface area contributed by atoms with Crippen molar-refractivity contribution in [3.63, 3.8) is 0 Å². The lowest BCUT2D eigenvalue weighted by Crippen LogP contribution is -2.54. The number of aliphatic imine (C=N–C) groups is 2. The zero-order valence-corrected chi connectivity index (χ0v) is 16.7. The van der Waals surface area contributed by atoms with Crippen molar-refractivity contribution in [3.8, 4) is 0 Å². The molecule has 30 heavy (non-hydrogen) atoms. The average Bonchev–Trinajstić information content (AvgIpc) is 3.14. The van der Waals surface area contributed by atoms with E-state index >= 15 is 0 Å². The Bertz CT molecular complexity index is 819. The summed E-state index contributed by atoms with van der Waals surface area (Å²) in [7, 11) is 0. The summed E-state index contributed by atoms with van der Waals surface area (Å²) in [4.78, 5) is 13.9. The highest BCUT2D eigenvalue weighted by Crippen LogP contribution is 2.40. The maximum absolute atomic E-state index is 12.2. The van der Waals surface area contributed by atoms with Crippen LogP contribution in [0.5, 0.6) is 0 Å². The summed E-state index contributed by atoms with van der Waals surface area (Å²) in [6.07, 6.45) is 2.89. The zero-order chi connectivity index (χ0) is 21.3. The van der Waals surface area contributed by atoms with Crippen LogP contribution in [-0.2, 0) is 4.74 Å². The second kappa shape index (κ2) is 8.52. The predicted octanol–water partition coefficient (Wildman–Crippen LogP) is 3.30. The summed E-state index contributed by atoms with van der Waals surface area (Å²) in [6.45, 7) is 4.70. The highest BCUT2D eigenvalue weighted by molar-refractivity contribution is 5.87. The molecule has 0 spiro atoms. The molecule has 0 aromatic carbocycles. The lowest BCUT2D eigenvalue weighted by atomic mass is 9.79. The van der Waals surface area contributed by atoms with Crippen molar-refractivity contribution >= 4 is 24.6 Å². The Balaban J connectivity index is 1.30. The minimum atomic E-state index is -4.26. The number of H-pyrrole nitrogens is 1. The number of nitrogens with two attached hydrogens (primary N) is 1. The molecule has 0 unspecified atom stereocenters. The number of aromatic amines is 1. The summed E-state index contributed by atoms with van der Waals surface area (Å²) in [5, 5.41) is 1.51. The van der Waals surface area contributed by atoms with Gasteiger partial charge in [0.05, 0.1) is 17.5 Å². The Morgan fingerprint density at radius 3 is 2.70 bits per heavy atom. The van der Waals surface area contributed by atoms with Crippen LogP contribution in [0.4, 0.5) is 19.0 Å². The molecule has 4 rings (SSSR count). The van der Waals surface area contributed by atoms with Gasteiger partial charge in [-0.15, -0.1) is 0 Å². The van der Waals surface area contributed by atoms with Crippen molar-refractivity contribution in [2.45, 2.75) is 38.0 Å². The summed E-state index contributed by atoms with van der Waals surface area (Å²) in [5.41, 5.74) is 2.66. The van der Waals surface area contributed by atoms with Crippen molar-refractivity contribution in [1.82, 2.24) is 14.9 Å². The minimum absolute atomic E-state index is 0.272. The van der Waals surface area contributed by atoms with Gasteiger partial charge in [-0.2, -0.15) is 13.2 Å². The Labute approximate surface area is 173 Å². The van der Waals surface area contributed by atoms with E-state index < -0.39 is 12.8 Å². The van der Waals surface area contributed by atoms with Gasteiger partial charge in [-0.1, -0.05) is 0 Å². The average molecular weight is 424 g/mol. The fraction of sp³-hybridized carbons (Fsp3) is 0.600. The van der Waals surface area contributed by atoms with Gasteiger partial charge in [0.1, 0.15) is 18.8 Å². The van der Waals surface area contributed by atoms with E-state index in [9.17, 15) is 13.2 Å². The van der Waals surface area contributed by atoms with Gasteiger partial charge in [-0.3, -0.25) is 14.9 Å². The number of hydrazine groups is 1. The highest BCUT2D eigenvalue weighted by Gasteiger charge is 2.36. The molecule has 0 atom stereocenters. The van der Waals surface area contributed by atoms with Crippen LogP contribution in [-0.4, -0.2) is 66.5 Å². The standard InChI is InChI=1S/C20H27F3N6O/c1-25-17(18-16-6-7-26-19(16)27-12-29(18)24)14-4-2-13(3-5-14)8-28-9-15(10-28)30-11-20(21,22)23/h6-7,12-15,26H,1-5,8-11,24H2/b18-17-/t13-,14-. The summed E-state index contributed by atoms with van der Waals surface area (Å²) < 4.78 is 41.6. The monoisotopic (exact) mass is 424 g/mol. The van der Waals surface area contributed by atoms with Gasteiger partial charge in [-0.25, -0.2) is 10.8 Å². The van der Waals surface area contributed by atoms with Crippen LogP contribution in [0.3, 0.4) is 0 Å². The lowest BCUT2D eigenvalue weighted by molar-refractivity contribution is -0.199. The Hall–Kier alpha value is -2.17. The molecule has 0 amide bonds. The number of likely N-dealkylation sites (tertiary alicyclic amines) is 1. The summed E-state index contributed by atoms with van der Waals surface area (Å²) >= 11 is 0. The molecule has 2 fully saturated rings. The first-order valence-electron chi connectivity index (χ1n) is 10.2. The zero-order valence-electron chi connectivity index (χ0n) is 16.7. The molecule has 1 saturated heterocycles. The summed E-state index contributed by atoms with van der Waals surface area (Å²) in [6, 6.07) is 1.94. The second-order valence-electron chi connectivity index (χ2n) is 8.27. The first-order chi connectivity index (χ1) is 14.3. The van der Waals surface area contributed by atoms with E-state index in [0.717, 1.165) is 55.0 Å². The number of halogens is 3. The van der Waals surface area contributed by atoms with E-state index in [1.54, 1.807) is 6.34 Å². The third-order valence-electron chi connectivity index (χ3n) is 6.12. The van der Waals surface area contributed by atoms with Crippen molar-refractivity contribution in [2.24, 2.45) is 27.7 Å². The first-order valence-corrected chi connectivity index (χ1v) is 10.2. The molecule has 3 aliphatic rings. The van der Waals surface area contributed by atoms with E-state index in [1.165, 1.54) is 5.01 Å². The number of allylic oxidation sites excluding steroid dienone is 1. The van der Waals surface area contributed by atoms with Crippen molar-refractivity contribution in [2.75, 3.05) is 26.2 Å². The van der Waals surface area contributed by atoms with E-state index in [1.807, 2.05) is 12.3 Å². The molecule has 0 radical (unpaired) electrons. The maximum Gasteiger partial charge on any atom is 0.411 e. The van der Waals surface area contributed by atoms with E-state index in [0.29, 0.717) is 19.0 Å². The van der Waals surface area contributed by atoms with Gasteiger partial charge in [0, 0.05) is 37.3 Å². The Kier molecular flexibility index (Phi) is 5.99. The molecule has 7 nitrogen and oxygen atoms in total. The van der Waals surface area contributed by atoms with Crippen LogP contribution in [0.1, 0.15) is 31.2 Å². The van der Waals surface area contributed by atoms with Crippen molar-refractivity contribution in [3.05, 3.63) is 23.5 Å². The van der Waals surface area contributed by atoms with Gasteiger partial charge in [0.25, 0.3) is 0 Å². The first kappa shape index (κ1) is 21.1. The van der Waals surface area contributed by atoms with Crippen LogP contribution < -0.4 is 5.84 Å². The number of nitrogens with one attached hydrogen (secondary N) is 1. The lowest BCUT2D eigenvalue weighted by Gasteiger charge is -2.42. The number of hydrogen-bond donors (Lipinski definition) is 2. The normalized spacial score (nSPS) is 27.0. The Morgan fingerprint density at radius 2 is 2.03 bits per heavy atom. The third kappa shape index (κ3) is 4.60. The number of alkyl halides is 3. The van der Waals surface area contributed by atoms with Crippen LogP contribution >= 0.6 is 0 Å². The van der Waals surface area contributed by atoms with Crippen LogP contribution in [0.25, 0.3) is 5.70 Å². The molecule has 1 aromatic heterocycles. The fourth-order valence-electron chi connectivity index (χ4n) is 4.62. The molecule has 1 saturated carbocycles. The molecule has 1 aliphatic carbocycles. The molecule has 3 N–H and O–H groups in total. The number of hydrogen-bond acceptors (Lipinski definition) is 6. The van der Waals surface area contributed by atoms with Gasteiger partial charge < -0.3 is 9.72 Å². The number of rotatable bonds is 6. The number of nitrogens with zero attached hydrogens (tertiary/aromatic N) is 4. The van der Waals surface area contributed by atoms with Gasteiger partial charge in [-0.05, 0) is 44.4 Å². The van der Waals surface area contributed by atoms with Gasteiger partial charge in [0.2, 0.25) is 0 Å². The summed E-state index contributed by atoms with van der Waals surface area (Å²) in [5.74, 6) is 7.72. The fourth-order valence-corrected chi connectivity index (χ4v) is 4.62. The molecule has 1 aromatic rings. The van der Waals surface area contributed by atoms with E-state index in [-0.39, 0.29) is 12.0 Å². The topological polar surface area (TPSA) is 82.2 Å². The number of fused-ring (bicyclic) bond motifs is 1. The van der Waals surface area contributed by atoms with Gasteiger partial charge >= 0.3 is 6.18 Å². The van der Waals surface area contributed by atoms with Crippen LogP contribution in [0, 0.1) is 11.8 Å². The molecule has 2 aliphatic heterocycles. The molecule has 164 valence electrons. The van der Waals surface area contributed by atoms with E-state index in [4.69, 9.17) is 10.6 Å². The number of aromatic nitrogens is 1. The second-order valence-corrected chi connectivity index (χ2v) is 8.27.